The zero-order valence-corrected chi connectivity index (χ0v) is 9.97. The maximum atomic E-state index is 11.9. The first kappa shape index (κ1) is 13.2. The highest BCUT2D eigenvalue weighted by atomic mass is 16.5. The normalized spacial score (nSPS) is 11.9. The molecule has 0 radical (unpaired) electrons. The van der Waals surface area contributed by atoms with Crippen LogP contribution in [0.25, 0.3) is 0 Å². The van der Waals surface area contributed by atoms with Crippen molar-refractivity contribution in [1.29, 1.82) is 0 Å². The van der Waals surface area contributed by atoms with Crippen molar-refractivity contribution in [2.45, 2.75) is 19.8 Å². The van der Waals surface area contributed by atoms with Gasteiger partial charge in [-0.25, -0.2) is 0 Å². The standard InChI is InChI=1S/C13H16O4/c1-9(7-13(15)16)6-12(14)10-4-3-5-11(8-10)17-2/h3-5,8-9H,6-7H2,1-2H3,(H,15,16)/t9-/m1/s1. The highest BCUT2D eigenvalue weighted by Gasteiger charge is 2.14. The Kier molecular flexibility index (Phi) is 4.69. The van der Waals surface area contributed by atoms with Crippen LogP contribution in [0.5, 0.6) is 5.75 Å². The largest absolute Gasteiger partial charge is 0.497 e. The predicted octanol–water partition coefficient (Wildman–Crippen LogP) is 2.38. The second-order valence-corrected chi connectivity index (χ2v) is 4.06. The number of hydrogen-bond acceptors (Lipinski definition) is 3. The summed E-state index contributed by atoms with van der Waals surface area (Å²) in [6, 6.07) is 6.87. The number of carboxylic acid groups (broad SMARTS) is 1. The summed E-state index contributed by atoms with van der Waals surface area (Å²) in [5.74, 6) is -0.471. The van der Waals surface area contributed by atoms with E-state index in [1.165, 1.54) is 7.11 Å². The van der Waals surface area contributed by atoms with Gasteiger partial charge in [0, 0.05) is 18.4 Å². The molecular weight excluding hydrogens is 220 g/mol. The molecule has 0 saturated heterocycles. The number of ether oxygens (including phenoxy) is 1. The first-order valence-electron chi connectivity index (χ1n) is 5.42. The molecule has 1 rings (SSSR count). The number of methoxy groups -OCH3 is 1. The third kappa shape index (κ3) is 4.26. The number of Topliss-reactive ketones (excluding diaryl/α,β-unsaturated/α-hetero) is 1. The van der Waals surface area contributed by atoms with Gasteiger partial charge in [-0.2, -0.15) is 0 Å². The second-order valence-electron chi connectivity index (χ2n) is 4.06. The fourth-order valence-electron chi connectivity index (χ4n) is 1.60. The minimum absolute atomic E-state index is 0.00963. The van der Waals surface area contributed by atoms with Crippen LogP contribution in [0.4, 0.5) is 0 Å². The van der Waals surface area contributed by atoms with Crippen molar-refractivity contribution in [2.75, 3.05) is 7.11 Å². The van der Waals surface area contributed by atoms with E-state index < -0.39 is 5.97 Å². The van der Waals surface area contributed by atoms with Gasteiger partial charge < -0.3 is 9.84 Å². The zero-order chi connectivity index (χ0) is 12.8. The van der Waals surface area contributed by atoms with Crippen molar-refractivity contribution in [3.8, 4) is 5.75 Å². The van der Waals surface area contributed by atoms with E-state index in [1.807, 2.05) is 0 Å². The topological polar surface area (TPSA) is 63.6 Å². The highest BCUT2D eigenvalue weighted by molar-refractivity contribution is 5.96. The first-order chi connectivity index (χ1) is 8.02. The molecule has 0 aromatic heterocycles. The maximum absolute atomic E-state index is 11.9. The quantitative estimate of drug-likeness (QED) is 0.770. The van der Waals surface area contributed by atoms with Crippen LogP contribution in [0.2, 0.25) is 0 Å². The summed E-state index contributed by atoms with van der Waals surface area (Å²) in [6.07, 6.45) is 0.245. The summed E-state index contributed by atoms with van der Waals surface area (Å²) in [6.45, 7) is 1.76. The van der Waals surface area contributed by atoms with Gasteiger partial charge in [-0.1, -0.05) is 19.1 Å². The molecule has 0 saturated carbocycles. The van der Waals surface area contributed by atoms with E-state index >= 15 is 0 Å². The van der Waals surface area contributed by atoms with Crippen molar-refractivity contribution in [1.82, 2.24) is 0 Å². The number of aliphatic carboxylic acids is 1. The number of rotatable bonds is 6. The lowest BCUT2D eigenvalue weighted by Gasteiger charge is -2.08. The molecule has 1 N–H and O–H groups in total. The number of benzene rings is 1. The third-order valence-electron chi connectivity index (χ3n) is 2.45. The molecule has 0 spiro atoms. The molecule has 0 fully saturated rings. The van der Waals surface area contributed by atoms with Crippen LogP contribution in [0.3, 0.4) is 0 Å². The number of hydrogen-bond donors (Lipinski definition) is 1. The van der Waals surface area contributed by atoms with Crippen molar-refractivity contribution in [2.24, 2.45) is 5.92 Å². The molecule has 4 heteroatoms. The highest BCUT2D eigenvalue weighted by Crippen LogP contribution is 2.17. The van der Waals surface area contributed by atoms with E-state index in [0.717, 1.165) is 0 Å². The molecule has 92 valence electrons. The Morgan fingerprint density at radius 2 is 2.06 bits per heavy atom. The summed E-state index contributed by atoms with van der Waals surface area (Å²) in [4.78, 5) is 22.4. The van der Waals surface area contributed by atoms with E-state index in [-0.39, 0.29) is 24.5 Å². The lowest BCUT2D eigenvalue weighted by molar-refractivity contribution is -0.137. The number of carbonyl (C=O) groups is 2. The maximum Gasteiger partial charge on any atom is 0.303 e. The zero-order valence-electron chi connectivity index (χ0n) is 9.97. The van der Waals surface area contributed by atoms with Gasteiger partial charge in [-0.3, -0.25) is 9.59 Å². The smallest absolute Gasteiger partial charge is 0.303 e. The Bertz CT molecular complexity index is 412. The van der Waals surface area contributed by atoms with Crippen LogP contribution in [-0.2, 0) is 4.79 Å². The monoisotopic (exact) mass is 236 g/mol. The van der Waals surface area contributed by atoms with Gasteiger partial charge in [0.15, 0.2) is 5.78 Å². The molecule has 0 heterocycles. The van der Waals surface area contributed by atoms with Gasteiger partial charge in [-0.05, 0) is 18.1 Å². The molecule has 1 aromatic carbocycles. The predicted molar refractivity (Wildman–Crippen MR) is 63.4 cm³/mol. The Morgan fingerprint density at radius 1 is 1.35 bits per heavy atom. The van der Waals surface area contributed by atoms with Gasteiger partial charge in [0.05, 0.1) is 7.11 Å². The third-order valence-corrected chi connectivity index (χ3v) is 2.45. The molecule has 1 atom stereocenters. The first-order valence-corrected chi connectivity index (χ1v) is 5.42. The van der Waals surface area contributed by atoms with E-state index in [2.05, 4.69) is 0 Å². The van der Waals surface area contributed by atoms with E-state index in [9.17, 15) is 9.59 Å². The van der Waals surface area contributed by atoms with Gasteiger partial charge in [0.1, 0.15) is 5.75 Å². The van der Waals surface area contributed by atoms with Crippen molar-refractivity contribution in [3.63, 3.8) is 0 Å². The van der Waals surface area contributed by atoms with E-state index in [4.69, 9.17) is 9.84 Å². The van der Waals surface area contributed by atoms with Crippen LogP contribution in [0.15, 0.2) is 24.3 Å². The summed E-state index contributed by atoms with van der Waals surface area (Å²) in [5, 5.41) is 8.62. The molecule has 17 heavy (non-hydrogen) atoms. The molecule has 1 aromatic rings. The molecule has 0 amide bonds. The molecule has 4 nitrogen and oxygen atoms in total. The SMILES string of the molecule is COc1cccc(C(=O)C[C@@H](C)CC(=O)O)c1. The average Bonchev–Trinajstić information content (AvgIpc) is 2.27. The summed E-state index contributed by atoms with van der Waals surface area (Å²) >= 11 is 0. The summed E-state index contributed by atoms with van der Waals surface area (Å²) < 4.78 is 5.03. The van der Waals surface area contributed by atoms with Crippen LogP contribution in [0.1, 0.15) is 30.1 Å². The summed E-state index contributed by atoms with van der Waals surface area (Å²) in [7, 11) is 1.54. The Balaban J connectivity index is 2.66. The lowest BCUT2D eigenvalue weighted by Crippen LogP contribution is -2.10. The Morgan fingerprint density at radius 3 is 2.65 bits per heavy atom. The lowest BCUT2D eigenvalue weighted by atomic mass is 9.97. The Labute approximate surface area is 100 Å². The van der Waals surface area contributed by atoms with Crippen LogP contribution >= 0.6 is 0 Å². The van der Waals surface area contributed by atoms with E-state index in [1.54, 1.807) is 31.2 Å². The van der Waals surface area contributed by atoms with Crippen LogP contribution < -0.4 is 4.74 Å². The fraction of sp³-hybridized carbons (Fsp3) is 0.385. The second kappa shape index (κ2) is 6.03. The number of ketones is 1. The minimum atomic E-state index is -0.879. The van der Waals surface area contributed by atoms with Crippen LogP contribution in [-0.4, -0.2) is 24.0 Å². The molecular formula is C13H16O4. The Hall–Kier alpha value is -1.84. The van der Waals surface area contributed by atoms with Crippen LogP contribution in [0, 0.1) is 5.92 Å². The van der Waals surface area contributed by atoms with Gasteiger partial charge >= 0.3 is 5.97 Å². The molecule has 0 aliphatic heterocycles. The molecule has 0 aliphatic rings. The van der Waals surface area contributed by atoms with Crippen molar-refractivity contribution >= 4 is 11.8 Å². The molecule has 0 unspecified atom stereocenters. The molecule has 0 aliphatic carbocycles. The van der Waals surface area contributed by atoms with E-state index in [0.29, 0.717) is 11.3 Å². The molecule has 0 bridgehead atoms. The minimum Gasteiger partial charge on any atom is -0.497 e. The number of carbonyl (C=O) groups excluding carboxylic acids is 1. The van der Waals surface area contributed by atoms with Gasteiger partial charge in [0.2, 0.25) is 0 Å². The average molecular weight is 236 g/mol. The summed E-state index contributed by atoms with van der Waals surface area (Å²) in [5.41, 5.74) is 0.557. The van der Waals surface area contributed by atoms with Gasteiger partial charge in [0.25, 0.3) is 0 Å². The van der Waals surface area contributed by atoms with Crippen molar-refractivity contribution < 1.29 is 19.4 Å². The van der Waals surface area contributed by atoms with Gasteiger partial charge in [-0.15, -0.1) is 0 Å². The van der Waals surface area contributed by atoms with Crippen molar-refractivity contribution in [3.05, 3.63) is 29.8 Å². The number of carboxylic acids is 1. The fourth-order valence-corrected chi connectivity index (χ4v) is 1.60.